The number of phenolic OH excluding ortho intramolecular Hbond substituents is 1. The molecule has 1 aliphatic heterocycles. The van der Waals surface area contributed by atoms with Crippen LogP contribution >= 0.6 is 12.9 Å². The van der Waals surface area contributed by atoms with Gasteiger partial charge in [-0.25, -0.2) is 0 Å². The monoisotopic (exact) mass is 327 g/mol. The predicted molar refractivity (Wildman–Crippen MR) is 83.1 cm³/mol. The summed E-state index contributed by atoms with van der Waals surface area (Å²) in [4.78, 5) is 25.3. The Hall–Kier alpha value is -2.00. The third-order valence-corrected chi connectivity index (χ3v) is 3.83. The molecule has 1 aromatic rings. The summed E-state index contributed by atoms with van der Waals surface area (Å²) in [5, 5.41) is 20.4. The lowest BCUT2D eigenvalue weighted by Crippen LogP contribution is -2.46. The van der Waals surface area contributed by atoms with Crippen LogP contribution in [0.3, 0.4) is 0 Å². The molecule has 22 heavy (non-hydrogen) atoms. The van der Waals surface area contributed by atoms with Crippen LogP contribution < -0.4 is 4.90 Å². The largest absolute Gasteiger partial charge is 0.502 e. The van der Waals surface area contributed by atoms with Gasteiger partial charge in [-0.3, -0.25) is 19.8 Å². The zero-order valence-corrected chi connectivity index (χ0v) is 12.7. The Kier molecular flexibility index (Phi) is 5.45. The Morgan fingerprint density at radius 2 is 2.05 bits per heavy atom. The lowest BCUT2D eigenvalue weighted by molar-refractivity contribution is -0.385. The molecule has 0 aromatic heterocycles. The van der Waals surface area contributed by atoms with E-state index in [1.54, 1.807) is 6.07 Å². The van der Waals surface area contributed by atoms with Crippen LogP contribution in [0, 0.1) is 10.1 Å². The van der Waals surface area contributed by atoms with Crippen LogP contribution in [-0.4, -0.2) is 53.6 Å². The lowest BCUT2D eigenvalue weighted by atomic mass is 10.2. The molecule has 1 heterocycles. The minimum absolute atomic E-state index is 0.293. The Balaban J connectivity index is 1.90. The molecule has 9 heteroatoms. The van der Waals surface area contributed by atoms with Gasteiger partial charge in [0.25, 0.3) is 0 Å². The van der Waals surface area contributed by atoms with Crippen LogP contribution in [0.2, 0.25) is 0 Å². The number of aromatic hydroxyl groups is 1. The number of nitro groups is 1. The number of nitrogens with zero attached hydrogens (tertiary/aromatic N) is 3. The fraction of sp³-hybridized carbons (Fsp3) is 0.462. The zero-order valence-electron chi connectivity index (χ0n) is 11.8. The first-order chi connectivity index (χ1) is 10.5. The standard InChI is InChI=1S/C13H17N3O5S/c17-12-9-10(1-2-11(12)16(19)20)15-7-5-14(6-8-15)4-3-13(18)21-22/h1-2,9,17,22H,3-8H2. The van der Waals surface area contributed by atoms with Gasteiger partial charge >= 0.3 is 11.7 Å². The van der Waals surface area contributed by atoms with Crippen molar-refractivity contribution in [3.63, 3.8) is 0 Å². The van der Waals surface area contributed by atoms with Crippen LogP contribution in [0.25, 0.3) is 0 Å². The van der Waals surface area contributed by atoms with Gasteiger partial charge in [0, 0.05) is 63.5 Å². The number of rotatable bonds is 5. The number of hydrogen-bond donors (Lipinski definition) is 2. The van der Waals surface area contributed by atoms with E-state index in [0.29, 0.717) is 26.1 Å². The number of hydrogen-bond acceptors (Lipinski definition) is 8. The third-order valence-electron chi connectivity index (χ3n) is 3.63. The third kappa shape index (κ3) is 4.01. The van der Waals surface area contributed by atoms with Gasteiger partial charge in [0.1, 0.15) is 0 Å². The molecule has 8 nitrogen and oxygen atoms in total. The van der Waals surface area contributed by atoms with Crippen LogP contribution in [-0.2, 0) is 8.98 Å². The van der Waals surface area contributed by atoms with Gasteiger partial charge in [0.05, 0.1) is 11.3 Å². The maximum absolute atomic E-state index is 11.0. The molecule has 1 aromatic carbocycles. The molecule has 0 spiro atoms. The van der Waals surface area contributed by atoms with Gasteiger partial charge in [-0.1, -0.05) is 0 Å². The van der Waals surface area contributed by atoms with E-state index in [1.165, 1.54) is 12.1 Å². The maximum Gasteiger partial charge on any atom is 0.318 e. The summed E-state index contributed by atoms with van der Waals surface area (Å²) in [5.74, 6) is -0.687. The number of piperazine rings is 1. The number of phenols is 1. The van der Waals surface area contributed by atoms with E-state index in [2.05, 4.69) is 22.0 Å². The zero-order chi connectivity index (χ0) is 16.1. The number of thiol groups is 1. The molecule has 0 saturated carbocycles. The van der Waals surface area contributed by atoms with Crippen molar-refractivity contribution < 1.29 is 19.0 Å². The van der Waals surface area contributed by atoms with Crippen molar-refractivity contribution in [2.45, 2.75) is 6.42 Å². The van der Waals surface area contributed by atoms with Crippen molar-refractivity contribution in [2.75, 3.05) is 37.6 Å². The average molecular weight is 327 g/mol. The van der Waals surface area contributed by atoms with Crippen LogP contribution in [0.15, 0.2) is 18.2 Å². The molecule has 0 radical (unpaired) electrons. The van der Waals surface area contributed by atoms with Crippen molar-refractivity contribution in [2.24, 2.45) is 0 Å². The molecule has 0 atom stereocenters. The molecule has 0 amide bonds. The van der Waals surface area contributed by atoms with E-state index >= 15 is 0 Å². The quantitative estimate of drug-likeness (QED) is 0.363. The number of carbonyl (C=O) groups is 1. The summed E-state index contributed by atoms with van der Waals surface area (Å²) in [5.41, 5.74) is 0.449. The maximum atomic E-state index is 11.0. The van der Waals surface area contributed by atoms with Gasteiger partial charge in [-0.2, -0.15) is 0 Å². The van der Waals surface area contributed by atoms with Gasteiger partial charge in [0.2, 0.25) is 0 Å². The minimum atomic E-state index is -0.614. The summed E-state index contributed by atoms with van der Waals surface area (Å²) in [6, 6.07) is 4.34. The molecule has 0 bridgehead atoms. The average Bonchev–Trinajstić information content (AvgIpc) is 2.52. The molecule has 0 unspecified atom stereocenters. The number of anilines is 1. The van der Waals surface area contributed by atoms with Crippen LogP contribution in [0.1, 0.15) is 6.42 Å². The van der Waals surface area contributed by atoms with Crippen molar-refractivity contribution in [3.8, 4) is 5.75 Å². The number of benzene rings is 1. The summed E-state index contributed by atoms with van der Waals surface area (Å²) in [7, 11) is 0. The second-order valence-corrected chi connectivity index (χ2v) is 5.15. The fourth-order valence-electron chi connectivity index (χ4n) is 2.39. The van der Waals surface area contributed by atoms with E-state index in [0.717, 1.165) is 18.8 Å². The molecular weight excluding hydrogens is 310 g/mol. The summed E-state index contributed by atoms with van der Waals surface area (Å²) >= 11 is 3.46. The Labute approximate surface area is 133 Å². The first-order valence-corrected chi connectivity index (χ1v) is 7.16. The molecule has 1 aliphatic rings. The van der Waals surface area contributed by atoms with Crippen LogP contribution in [0.4, 0.5) is 11.4 Å². The molecule has 1 N–H and O–H groups in total. The fourth-order valence-corrected chi connectivity index (χ4v) is 2.48. The second kappa shape index (κ2) is 7.32. The van der Waals surface area contributed by atoms with Gasteiger partial charge in [-0.15, -0.1) is 0 Å². The normalized spacial score (nSPS) is 15.6. The van der Waals surface area contributed by atoms with Crippen molar-refractivity contribution in [1.29, 1.82) is 0 Å². The van der Waals surface area contributed by atoms with Crippen molar-refractivity contribution in [1.82, 2.24) is 4.90 Å². The van der Waals surface area contributed by atoms with E-state index in [9.17, 15) is 20.0 Å². The number of nitro benzene ring substituents is 1. The van der Waals surface area contributed by atoms with E-state index in [1.807, 2.05) is 4.90 Å². The van der Waals surface area contributed by atoms with E-state index in [-0.39, 0.29) is 17.4 Å². The molecular formula is C13H17N3O5S. The molecule has 2 rings (SSSR count). The van der Waals surface area contributed by atoms with Crippen LogP contribution in [0.5, 0.6) is 5.75 Å². The van der Waals surface area contributed by atoms with Crippen molar-refractivity contribution in [3.05, 3.63) is 28.3 Å². The minimum Gasteiger partial charge on any atom is -0.502 e. The SMILES string of the molecule is O=C(CCN1CCN(c2ccc([N+](=O)[O-])c(O)c2)CC1)OS. The lowest BCUT2D eigenvalue weighted by Gasteiger charge is -2.35. The second-order valence-electron chi connectivity index (χ2n) is 4.97. The Bertz CT molecular complexity index is 561. The molecule has 1 fully saturated rings. The van der Waals surface area contributed by atoms with Gasteiger partial charge in [0.15, 0.2) is 5.75 Å². The highest BCUT2D eigenvalue weighted by atomic mass is 32.1. The predicted octanol–water partition coefficient (Wildman–Crippen LogP) is 1.20. The molecule has 0 aliphatic carbocycles. The first kappa shape index (κ1) is 16.4. The van der Waals surface area contributed by atoms with Gasteiger partial charge in [-0.05, 0) is 6.07 Å². The molecule has 120 valence electrons. The van der Waals surface area contributed by atoms with E-state index < -0.39 is 4.92 Å². The smallest absolute Gasteiger partial charge is 0.318 e. The Morgan fingerprint density at radius 1 is 1.36 bits per heavy atom. The van der Waals surface area contributed by atoms with Crippen molar-refractivity contribution >= 4 is 30.3 Å². The summed E-state index contributed by atoms with van der Waals surface area (Å²) in [6.45, 7) is 3.56. The first-order valence-electron chi connectivity index (χ1n) is 6.80. The highest BCUT2D eigenvalue weighted by Gasteiger charge is 2.20. The summed E-state index contributed by atoms with van der Waals surface area (Å²) in [6.07, 6.45) is 0.293. The van der Waals surface area contributed by atoms with E-state index in [4.69, 9.17) is 0 Å². The number of carbonyl (C=O) groups excluding carboxylic acids is 1. The molecule has 1 saturated heterocycles. The Morgan fingerprint density at radius 3 is 2.59 bits per heavy atom. The highest BCUT2D eigenvalue weighted by molar-refractivity contribution is 7.75. The topological polar surface area (TPSA) is 96.2 Å². The highest BCUT2D eigenvalue weighted by Crippen LogP contribution is 2.30. The van der Waals surface area contributed by atoms with Gasteiger partial charge < -0.3 is 14.2 Å². The summed E-state index contributed by atoms with van der Waals surface area (Å²) < 4.78 is 4.31.